The van der Waals surface area contributed by atoms with Gasteiger partial charge in [0.25, 0.3) is 5.91 Å². The van der Waals surface area contributed by atoms with Crippen LogP contribution in [0.15, 0.2) is 47.4 Å². The monoisotopic (exact) mass is 380 g/mol. The quantitative estimate of drug-likeness (QED) is 0.789. The zero-order valence-corrected chi connectivity index (χ0v) is 14.5. The predicted octanol–water partition coefficient (Wildman–Crippen LogP) is 1.80. The Labute approximate surface area is 150 Å². The van der Waals surface area contributed by atoms with Gasteiger partial charge in [-0.05, 0) is 42.5 Å². The third kappa shape index (κ3) is 3.85. The number of rotatable bonds is 4. The van der Waals surface area contributed by atoms with E-state index < -0.39 is 26.6 Å². The molecule has 0 bridgehead atoms. The van der Waals surface area contributed by atoms with Crippen LogP contribution in [0.3, 0.4) is 0 Å². The fourth-order valence-electron chi connectivity index (χ4n) is 2.52. The molecule has 1 saturated heterocycles. The highest BCUT2D eigenvalue weighted by Crippen LogP contribution is 2.22. The first-order chi connectivity index (χ1) is 12.4. The number of nitrogens with one attached hydrogen (secondary N) is 1. The molecule has 1 fully saturated rings. The van der Waals surface area contributed by atoms with E-state index in [0.717, 1.165) is 16.4 Å². The Morgan fingerprint density at radius 2 is 1.77 bits per heavy atom. The maximum atomic E-state index is 14.2. The molecule has 0 aromatic heterocycles. The Hall–Kier alpha value is -2.49. The van der Waals surface area contributed by atoms with Gasteiger partial charge in [-0.1, -0.05) is 0 Å². The van der Waals surface area contributed by atoms with Crippen molar-refractivity contribution in [2.75, 3.05) is 31.6 Å². The number of anilines is 1. The third-order valence-corrected chi connectivity index (χ3v) is 5.82. The van der Waals surface area contributed by atoms with Crippen molar-refractivity contribution in [3.8, 4) is 5.75 Å². The minimum atomic E-state index is -4.06. The van der Waals surface area contributed by atoms with Crippen LogP contribution >= 0.6 is 0 Å². The molecule has 2 aromatic rings. The lowest BCUT2D eigenvalue weighted by Crippen LogP contribution is -2.41. The second kappa shape index (κ2) is 7.40. The number of carbonyl (C=O) groups is 1. The largest absolute Gasteiger partial charge is 0.508 e. The number of morpholine rings is 1. The zero-order valence-electron chi connectivity index (χ0n) is 13.7. The Morgan fingerprint density at radius 1 is 1.12 bits per heavy atom. The van der Waals surface area contributed by atoms with Crippen molar-refractivity contribution in [1.29, 1.82) is 0 Å². The summed E-state index contributed by atoms with van der Waals surface area (Å²) in [5, 5.41) is 11.8. The molecule has 7 nitrogen and oxygen atoms in total. The molecular formula is C17H17FN2O5S. The van der Waals surface area contributed by atoms with Crippen molar-refractivity contribution >= 4 is 21.6 Å². The summed E-state index contributed by atoms with van der Waals surface area (Å²) in [4.78, 5) is 11.8. The van der Waals surface area contributed by atoms with Crippen molar-refractivity contribution in [3.05, 3.63) is 53.8 Å². The van der Waals surface area contributed by atoms with Crippen LogP contribution in [0.4, 0.5) is 10.1 Å². The number of phenols is 1. The third-order valence-electron chi connectivity index (χ3n) is 3.91. The maximum Gasteiger partial charge on any atom is 0.255 e. The molecule has 1 amide bonds. The molecule has 0 spiro atoms. The Morgan fingerprint density at radius 3 is 2.42 bits per heavy atom. The number of amides is 1. The highest BCUT2D eigenvalue weighted by Gasteiger charge is 2.29. The number of sulfonamides is 1. The molecule has 1 aliphatic rings. The van der Waals surface area contributed by atoms with E-state index in [4.69, 9.17) is 4.74 Å². The standard InChI is InChI=1S/C17H17FN2O5S/c18-15-6-1-12(17(22)19-13-2-4-14(21)5-3-13)11-16(15)26(23,24)20-7-9-25-10-8-20/h1-6,11,21H,7-10H2,(H,19,22). The summed E-state index contributed by atoms with van der Waals surface area (Å²) in [5.74, 6) is -1.46. The fourth-order valence-corrected chi connectivity index (χ4v) is 4.01. The first-order valence-electron chi connectivity index (χ1n) is 7.86. The molecule has 2 aromatic carbocycles. The highest BCUT2D eigenvalue weighted by molar-refractivity contribution is 7.89. The molecule has 0 radical (unpaired) electrons. The van der Waals surface area contributed by atoms with E-state index >= 15 is 0 Å². The van der Waals surface area contributed by atoms with E-state index in [2.05, 4.69) is 5.32 Å². The van der Waals surface area contributed by atoms with E-state index in [9.17, 15) is 22.7 Å². The molecule has 2 N–H and O–H groups in total. The summed E-state index contributed by atoms with van der Waals surface area (Å²) < 4.78 is 45.7. The van der Waals surface area contributed by atoms with Crippen LogP contribution in [-0.4, -0.2) is 50.0 Å². The van der Waals surface area contributed by atoms with Crippen molar-refractivity contribution < 1.29 is 27.4 Å². The SMILES string of the molecule is O=C(Nc1ccc(O)cc1)c1ccc(F)c(S(=O)(=O)N2CCOCC2)c1. The predicted molar refractivity (Wildman–Crippen MR) is 92.0 cm³/mol. The number of carbonyl (C=O) groups excluding carboxylic acids is 1. The van der Waals surface area contributed by atoms with Crippen molar-refractivity contribution in [1.82, 2.24) is 4.31 Å². The van der Waals surface area contributed by atoms with Gasteiger partial charge in [0.15, 0.2) is 0 Å². The van der Waals surface area contributed by atoms with Crippen LogP contribution in [-0.2, 0) is 14.8 Å². The van der Waals surface area contributed by atoms with Crippen LogP contribution in [0, 0.1) is 5.82 Å². The average molecular weight is 380 g/mol. The van der Waals surface area contributed by atoms with E-state index in [-0.39, 0.29) is 37.6 Å². The van der Waals surface area contributed by atoms with Gasteiger partial charge in [-0.3, -0.25) is 4.79 Å². The average Bonchev–Trinajstić information content (AvgIpc) is 2.64. The second-order valence-corrected chi connectivity index (χ2v) is 7.57. The first kappa shape index (κ1) is 18.3. The number of phenolic OH excluding ortho intramolecular Hbond substituents is 1. The molecule has 138 valence electrons. The van der Waals surface area contributed by atoms with Crippen LogP contribution in [0.25, 0.3) is 0 Å². The van der Waals surface area contributed by atoms with Gasteiger partial charge in [0, 0.05) is 24.3 Å². The molecular weight excluding hydrogens is 363 g/mol. The van der Waals surface area contributed by atoms with Gasteiger partial charge >= 0.3 is 0 Å². The smallest absolute Gasteiger partial charge is 0.255 e. The minimum absolute atomic E-state index is 0.00584. The summed E-state index contributed by atoms with van der Waals surface area (Å²) in [7, 11) is -4.06. The maximum absolute atomic E-state index is 14.2. The summed E-state index contributed by atoms with van der Waals surface area (Å²) in [6.07, 6.45) is 0. The van der Waals surface area contributed by atoms with Gasteiger partial charge in [-0.2, -0.15) is 4.31 Å². The molecule has 1 heterocycles. The number of ether oxygens (including phenoxy) is 1. The normalized spacial score (nSPS) is 15.6. The van der Waals surface area contributed by atoms with Gasteiger partial charge in [-0.15, -0.1) is 0 Å². The molecule has 1 aliphatic heterocycles. The van der Waals surface area contributed by atoms with Crippen molar-refractivity contribution in [3.63, 3.8) is 0 Å². The number of benzene rings is 2. The van der Waals surface area contributed by atoms with Crippen LogP contribution in [0.5, 0.6) is 5.75 Å². The topological polar surface area (TPSA) is 95.9 Å². The van der Waals surface area contributed by atoms with Gasteiger partial charge < -0.3 is 15.2 Å². The van der Waals surface area contributed by atoms with E-state index in [1.54, 1.807) is 0 Å². The molecule has 9 heteroatoms. The summed E-state index contributed by atoms with van der Waals surface area (Å²) in [5.41, 5.74) is 0.418. The Bertz CT molecular complexity index is 909. The van der Waals surface area contributed by atoms with Gasteiger partial charge in [0.2, 0.25) is 10.0 Å². The molecule has 0 unspecified atom stereocenters. The summed E-state index contributed by atoms with van der Waals surface area (Å²) in [6, 6.07) is 8.96. The van der Waals surface area contributed by atoms with E-state index in [0.29, 0.717) is 5.69 Å². The molecule has 3 rings (SSSR count). The zero-order chi connectivity index (χ0) is 18.7. The van der Waals surface area contributed by atoms with Gasteiger partial charge in [-0.25, -0.2) is 12.8 Å². The van der Waals surface area contributed by atoms with E-state index in [1.807, 2.05) is 0 Å². The molecule has 0 aliphatic carbocycles. The molecule has 26 heavy (non-hydrogen) atoms. The number of hydrogen-bond donors (Lipinski definition) is 2. The number of hydrogen-bond acceptors (Lipinski definition) is 5. The Balaban J connectivity index is 1.87. The number of nitrogens with zero attached hydrogens (tertiary/aromatic N) is 1. The fraction of sp³-hybridized carbons (Fsp3) is 0.235. The first-order valence-corrected chi connectivity index (χ1v) is 9.30. The lowest BCUT2D eigenvalue weighted by molar-refractivity contribution is 0.0729. The lowest BCUT2D eigenvalue weighted by atomic mass is 10.2. The number of aromatic hydroxyl groups is 1. The number of halogens is 1. The van der Waals surface area contributed by atoms with E-state index in [1.165, 1.54) is 30.3 Å². The highest BCUT2D eigenvalue weighted by atomic mass is 32.2. The van der Waals surface area contributed by atoms with Gasteiger partial charge in [0.05, 0.1) is 13.2 Å². The molecule has 0 atom stereocenters. The molecule has 0 saturated carbocycles. The van der Waals surface area contributed by atoms with Gasteiger partial charge in [0.1, 0.15) is 16.5 Å². The van der Waals surface area contributed by atoms with Crippen LogP contribution < -0.4 is 5.32 Å². The van der Waals surface area contributed by atoms with Crippen molar-refractivity contribution in [2.24, 2.45) is 0 Å². The lowest BCUT2D eigenvalue weighted by Gasteiger charge is -2.26. The summed E-state index contributed by atoms with van der Waals surface area (Å²) >= 11 is 0. The minimum Gasteiger partial charge on any atom is -0.508 e. The summed E-state index contributed by atoms with van der Waals surface area (Å²) in [6.45, 7) is 0.737. The van der Waals surface area contributed by atoms with Crippen LogP contribution in [0.2, 0.25) is 0 Å². The van der Waals surface area contributed by atoms with Crippen LogP contribution in [0.1, 0.15) is 10.4 Å². The Kier molecular flexibility index (Phi) is 5.21. The van der Waals surface area contributed by atoms with Crippen molar-refractivity contribution in [2.45, 2.75) is 4.90 Å². The second-order valence-electron chi connectivity index (χ2n) is 5.66.